The van der Waals surface area contributed by atoms with E-state index >= 15 is 8.78 Å². The van der Waals surface area contributed by atoms with E-state index in [0.717, 1.165) is 22.3 Å². The normalized spacial score (nSPS) is 18.8. The highest BCUT2D eigenvalue weighted by molar-refractivity contribution is 5.79. The highest BCUT2D eigenvalue weighted by Crippen LogP contribution is 2.50. The molecule has 224 valence electrons. The molecule has 6 nitrogen and oxygen atoms in total. The van der Waals surface area contributed by atoms with Gasteiger partial charge < -0.3 is 18.9 Å². The van der Waals surface area contributed by atoms with Crippen LogP contribution in [-0.4, -0.2) is 68.8 Å². The predicted molar refractivity (Wildman–Crippen MR) is 151 cm³/mol. The summed E-state index contributed by atoms with van der Waals surface area (Å²) in [6.07, 6.45) is 1.85. The molecule has 1 aliphatic carbocycles. The zero-order valence-corrected chi connectivity index (χ0v) is 24.3. The summed E-state index contributed by atoms with van der Waals surface area (Å²) >= 11 is 0. The second-order valence-corrected chi connectivity index (χ2v) is 11.2. The maximum atomic E-state index is 15.7. The molecule has 0 aromatic heterocycles. The van der Waals surface area contributed by atoms with Gasteiger partial charge in [-0.1, -0.05) is 24.3 Å². The van der Waals surface area contributed by atoms with Gasteiger partial charge in [0.25, 0.3) is 0 Å². The van der Waals surface area contributed by atoms with Crippen LogP contribution in [0.3, 0.4) is 0 Å². The van der Waals surface area contributed by atoms with Gasteiger partial charge in [-0.05, 0) is 69.2 Å². The number of esters is 1. The van der Waals surface area contributed by atoms with Crippen LogP contribution in [0.5, 0.6) is 5.75 Å². The third kappa shape index (κ3) is 7.90. The standard InChI is InChI=1S/C32H40F3NO5/c1-5-40-29(37)19-39-12-8-11-38-13-14-41-23-17-27(33)30(28(34)18-23)31-26-16-22-9-6-7-10-24(22)25(26)15-21(2)36(31)20-32(3,4)35/h6-7,9-10,17-18,21,31H,5,8,11-16,19-20H2,1-4H3/t21-,31+/m1/s1. The Morgan fingerprint density at radius 1 is 1.05 bits per heavy atom. The molecule has 0 bridgehead atoms. The Kier molecular flexibility index (Phi) is 10.5. The fourth-order valence-electron chi connectivity index (χ4n) is 5.69. The molecule has 0 fully saturated rings. The molecule has 2 aromatic rings. The summed E-state index contributed by atoms with van der Waals surface area (Å²) in [5, 5.41) is 0. The first-order valence-electron chi connectivity index (χ1n) is 14.3. The minimum absolute atomic E-state index is 0.0499. The molecule has 0 spiro atoms. The number of carbonyl (C=O) groups is 1. The van der Waals surface area contributed by atoms with Gasteiger partial charge in [-0.2, -0.15) is 0 Å². The summed E-state index contributed by atoms with van der Waals surface area (Å²) < 4.78 is 67.4. The van der Waals surface area contributed by atoms with Gasteiger partial charge >= 0.3 is 5.97 Å². The van der Waals surface area contributed by atoms with Gasteiger partial charge in [0, 0.05) is 43.5 Å². The van der Waals surface area contributed by atoms with Crippen molar-refractivity contribution in [2.45, 2.75) is 64.7 Å². The van der Waals surface area contributed by atoms with E-state index in [2.05, 4.69) is 6.07 Å². The van der Waals surface area contributed by atoms with Gasteiger partial charge in [-0.3, -0.25) is 4.90 Å². The van der Waals surface area contributed by atoms with Gasteiger partial charge in [-0.25, -0.2) is 18.0 Å². The topological polar surface area (TPSA) is 57.2 Å². The van der Waals surface area contributed by atoms with Crippen LogP contribution in [0.15, 0.2) is 42.0 Å². The first-order valence-corrected chi connectivity index (χ1v) is 14.3. The van der Waals surface area contributed by atoms with Gasteiger partial charge in [-0.15, -0.1) is 0 Å². The average molecular weight is 576 g/mol. The van der Waals surface area contributed by atoms with Gasteiger partial charge in [0.05, 0.1) is 19.3 Å². The zero-order valence-electron chi connectivity index (χ0n) is 24.3. The fraction of sp³-hybridized carbons (Fsp3) is 0.531. The van der Waals surface area contributed by atoms with Crippen LogP contribution < -0.4 is 4.74 Å². The van der Waals surface area contributed by atoms with E-state index in [1.165, 1.54) is 26.0 Å². The van der Waals surface area contributed by atoms with E-state index in [4.69, 9.17) is 18.9 Å². The number of benzene rings is 2. The largest absolute Gasteiger partial charge is 0.491 e. The monoisotopic (exact) mass is 575 g/mol. The Hall–Kier alpha value is -2.88. The Labute approximate surface area is 240 Å². The highest BCUT2D eigenvalue weighted by atomic mass is 19.1. The SMILES string of the molecule is CCOC(=O)COCCCOCCOc1cc(F)c([C@@H]2C3=C(C[C@@H](C)N2CC(C)(C)F)c2ccccc2C3)c(F)c1. The van der Waals surface area contributed by atoms with Crippen LogP contribution in [0, 0.1) is 11.6 Å². The van der Waals surface area contributed by atoms with E-state index < -0.39 is 29.3 Å². The fourth-order valence-corrected chi connectivity index (χ4v) is 5.69. The van der Waals surface area contributed by atoms with Crippen LogP contribution in [0.2, 0.25) is 0 Å². The molecule has 2 atom stereocenters. The molecule has 0 unspecified atom stereocenters. The number of hydrogen-bond donors (Lipinski definition) is 0. The maximum absolute atomic E-state index is 15.7. The molecular weight excluding hydrogens is 535 g/mol. The van der Waals surface area contributed by atoms with Crippen molar-refractivity contribution < 1.29 is 36.9 Å². The molecule has 9 heteroatoms. The van der Waals surface area contributed by atoms with E-state index in [9.17, 15) is 9.18 Å². The highest BCUT2D eigenvalue weighted by Gasteiger charge is 2.42. The van der Waals surface area contributed by atoms with Crippen molar-refractivity contribution >= 4 is 11.5 Å². The second kappa shape index (κ2) is 13.9. The van der Waals surface area contributed by atoms with E-state index in [-0.39, 0.29) is 43.7 Å². The lowest BCUT2D eigenvalue weighted by atomic mass is 9.84. The summed E-state index contributed by atoms with van der Waals surface area (Å²) in [5.74, 6) is -1.78. The summed E-state index contributed by atoms with van der Waals surface area (Å²) in [6.45, 7) is 8.02. The van der Waals surface area contributed by atoms with Crippen LogP contribution in [0.4, 0.5) is 13.2 Å². The summed E-state index contributed by atoms with van der Waals surface area (Å²) in [5.41, 5.74) is 2.66. The number of carbonyl (C=O) groups excluding carboxylic acids is 1. The molecule has 0 saturated heterocycles. The minimum atomic E-state index is -1.54. The Balaban J connectivity index is 1.41. The average Bonchev–Trinajstić information content (AvgIpc) is 3.26. The summed E-state index contributed by atoms with van der Waals surface area (Å²) in [6, 6.07) is 9.60. The van der Waals surface area contributed by atoms with Crippen molar-refractivity contribution in [3.8, 4) is 5.75 Å². The summed E-state index contributed by atoms with van der Waals surface area (Å²) in [7, 11) is 0. The number of rotatable bonds is 14. The zero-order chi connectivity index (χ0) is 29.6. The number of halogens is 3. The molecule has 41 heavy (non-hydrogen) atoms. The van der Waals surface area contributed by atoms with Crippen molar-refractivity contribution in [2.24, 2.45) is 0 Å². The molecule has 0 radical (unpaired) electrons. The smallest absolute Gasteiger partial charge is 0.332 e. The number of hydrogen-bond acceptors (Lipinski definition) is 6. The Morgan fingerprint density at radius 3 is 2.46 bits per heavy atom. The first-order chi connectivity index (χ1) is 19.6. The van der Waals surface area contributed by atoms with Crippen LogP contribution in [0.1, 0.15) is 63.3 Å². The lowest BCUT2D eigenvalue weighted by molar-refractivity contribution is -0.148. The number of fused-ring (bicyclic) bond motifs is 2. The van der Waals surface area contributed by atoms with Crippen molar-refractivity contribution in [1.29, 1.82) is 0 Å². The first kappa shape index (κ1) is 31.1. The lowest BCUT2D eigenvalue weighted by Gasteiger charge is -2.44. The summed E-state index contributed by atoms with van der Waals surface area (Å²) in [4.78, 5) is 13.1. The number of ether oxygens (including phenoxy) is 4. The number of alkyl halides is 1. The molecule has 2 aromatic carbocycles. The Morgan fingerprint density at radius 2 is 1.76 bits per heavy atom. The van der Waals surface area contributed by atoms with Crippen molar-refractivity contribution in [3.05, 3.63) is 70.3 Å². The van der Waals surface area contributed by atoms with E-state index in [1.54, 1.807) is 6.92 Å². The predicted octanol–water partition coefficient (Wildman–Crippen LogP) is 6.22. The van der Waals surface area contributed by atoms with Gasteiger partial charge in [0.2, 0.25) is 0 Å². The molecule has 1 aliphatic heterocycles. The van der Waals surface area contributed by atoms with Crippen molar-refractivity contribution in [3.63, 3.8) is 0 Å². The molecular formula is C32H40F3NO5. The van der Waals surface area contributed by atoms with Crippen LogP contribution in [0.25, 0.3) is 5.57 Å². The Bertz CT molecular complexity index is 1220. The minimum Gasteiger partial charge on any atom is -0.491 e. The van der Waals surface area contributed by atoms with E-state index in [0.29, 0.717) is 39.1 Å². The third-order valence-corrected chi connectivity index (χ3v) is 7.32. The van der Waals surface area contributed by atoms with Gasteiger partial charge in [0.15, 0.2) is 0 Å². The quantitative estimate of drug-likeness (QED) is 0.197. The maximum Gasteiger partial charge on any atom is 0.332 e. The van der Waals surface area contributed by atoms with Crippen LogP contribution in [-0.2, 0) is 25.4 Å². The number of nitrogens with zero attached hydrogens (tertiary/aromatic N) is 1. The molecule has 0 saturated carbocycles. The molecule has 1 heterocycles. The molecule has 0 N–H and O–H groups in total. The van der Waals surface area contributed by atoms with Gasteiger partial charge in [0.1, 0.15) is 36.3 Å². The lowest BCUT2D eigenvalue weighted by Crippen LogP contribution is -2.47. The second-order valence-electron chi connectivity index (χ2n) is 11.2. The van der Waals surface area contributed by atoms with Crippen molar-refractivity contribution in [2.75, 3.05) is 46.2 Å². The molecule has 4 rings (SSSR count). The van der Waals surface area contributed by atoms with Crippen LogP contribution >= 0.6 is 0 Å². The molecule has 0 amide bonds. The third-order valence-electron chi connectivity index (χ3n) is 7.32. The van der Waals surface area contributed by atoms with Crippen molar-refractivity contribution in [1.82, 2.24) is 4.90 Å². The molecule has 2 aliphatic rings. The van der Waals surface area contributed by atoms with E-state index in [1.807, 2.05) is 30.0 Å².